The number of ether oxygens (including phenoxy) is 2. The maximum Gasteiger partial charge on any atom is 0.337 e. The summed E-state index contributed by atoms with van der Waals surface area (Å²) in [5, 5.41) is 11.5. The van der Waals surface area contributed by atoms with Crippen LogP contribution < -0.4 is 4.74 Å². The second-order valence-corrected chi connectivity index (χ2v) is 8.00. The summed E-state index contributed by atoms with van der Waals surface area (Å²) in [5.41, 5.74) is 3.20. The molecule has 1 amide bonds. The third-order valence-corrected chi connectivity index (χ3v) is 5.87. The molecule has 0 unspecified atom stereocenters. The van der Waals surface area contributed by atoms with Gasteiger partial charge in [-0.15, -0.1) is 0 Å². The van der Waals surface area contributed by atoms with Crippen molar-refractivity contribution in [3.8, 4) is 5.75 Å². The van der Waals surface area contributed by atoms with E-state index in [1.54, 1.807) is 72.7 Å². The number of rotatable bonds is 6. The van der Waals surface area contributed by atoms with Crippen LogP contribution in [0.2, 0.25) is 5.02 Å². The normalized spacial score (nSPS) is 15.7. The molecule has 0 radical (unpaired) electrons. The van der Waals surface area contributed by atoms with Crippen LogP contribution in [0.4, 0.5) is 0 Å². The van der Waals surface area contributed by atoms with Crippen LogP contribution in [0.15, 0.2) is 78.6 Å². The molecule has 0 fully saturated rings. The second kappa shape index (κ2) is 9.38. The van der Waals surface area contributed by atoms with Gasteiger partial charge in [0.15, 0.2) is 5.76 Å². The summed E-state index contributed by atoms with van der Waals surface area (Å²) in [5.74, 6) is -0.565. The number of halogens is 1. The number of nitrogens with zero attached hydrogens (tertiary/aromatic N) is 1. The fourth-order valence-corrected chi connectivity index (χ4v) is 4.06. The molecular weight excluding hydrogens is 442 g/mol. The van der Waals surface area contributed by atoms with Crippen LogP contribution in [-0.2, 0) is 16.1 Å². The average Bonchev–Trinajstić information content (AvgIpc) is 3.10. The molecule has 0 saturated heterocycles. The van der Waals surface area contributed by atoms with Crippen molar-refractivity contribution in [2.75, 3.05) is 14.2 Å². The Morgan fingerprint density at radius 3 is 2.18 bits per heavy atom. The highest BCUT2D eigenvalue weighted by atomic mass is 35.5. The molecule has 33 heavy (non-hydrogen) atoms. The molecule has 3 aromatic carbocycles. The number of methoxy groups -OCH3 is 2. The van der Waals surface area contributed by atoms with E-state index in [9.17, 15) is 14.7 Å². The number of carbonyl (C=O) groups is 2. The molecule has 7 heteroatoms. The van der Waals surface area contributed by atoms with Crippen molar-refractivity contribution in [2.24, 2.45) is 0 Å². The number of aliphatic hydroxyl groups excluding tert-OH is 1. The number of aliphatic hydroxyl groups is 1. The Kier molecular flexibility index (Phi) is 6.38. The largest absolute Gasteiger partial charge is 0.503 e. The summed E-state index contributed by atoms with van der Waals surface area (Å²) in [6.07, 6.45) is 0. The Morgan fingerprint density at radius 2 is 1.61 bits per heavy atom. The first-order chi connectivity index (χ1) is 15.9. The van der Waals surface area contributed by atoms with Gasteiger partial charge in [-0.05, 0) is 53.1 Å². The first-order valence-corrected chi connectivity index (χ1v) is 10.6. The molecule has 3 aromatic rings. The summed E-state index contributed by atoms with van der Waals surface area (Å²) < 4.78 is 10.0. The number of esters is 1. The maximum absolute atomic E-state index is 13.2. The Labute approximate surface area is 196 Å². The van der Waals surface area contributed by atoms with Gasteiger partial charge in [0.2, 0.25) is 0 Å². The molecule has 0 spiro atoms. The van der Waals surface area contributed by atoms with Crippen molar-refractivity contribution in [1.29, 1.82) is 0 Å². The van der Waals surface area contributed by atoms with Crippen molar-refractivity contribution in [2.45, 2.75) is 12.6 Å². The van der Waals surface area contributed by atoms with E-state index in [-0.39, 0.29) is 12.3 Å². The number of carbonyl (C=O) groups excluding carboxylic acids is 2. The minimum Gasteiger partial charge on any atom is -0.503 e. The molecule has 6 nitrogen and oxygen atoms in total. The van der Waals surface area contributed by atoms with E-state index >= 15 is 0 Å². The molecule has 1 N–H and O–H groups in total. The molecule has 1 heterocycles. The molecule has 1 atom stereocenters. The SMILES string of the molecule is COC(=O)c1ccc([C@H]2C(c3ccc(OC)cc3)=C(O)C(=O)N2Cc2ccc(Cl)cc2)cc1. The summed E-state index contributed by atoms with van der Waals surface area (Å²) in [4.78, 5) is 26.7. The van der Waals surface area contributed by atoms with Crippen LogP contribution in [0.1, 0.15) is 33.1 Å². The van der Waals surface area contributed by atoms with Gasteiger partial charge in [-0.1, -0.05) is 48.0 Å². The van der Waals surface area contributed by atoms with Crippen LogP contribution in [0.3, 0.4) is 0 Å². The standard InChI is InChI=1S/C26H22ClNO5/c1-32-21-13-9-17(10-14-21)22-23(18-5-7-19(8-6-18)26(31)33-2)28(25(30)24(22)29)15-16-3-11-20(27)12-4-16/h3-14,23,29H,15H2,1-2H3/t23-/m0/s1. The summed E-state index contributed by atoms with van der Waals surface area (Å²) in [7, 11) is 2.90. The predicted molar refractivity (Wildman–Crippen MR) is 125 cm³/mol. The summed E-state index contributed by atoms with van der Waals surface area (Å²) in [6.45, 7) is 0.267. The van der Waals surface area contributed by atoms with E-state index in [2.05, 4.69) is 0 Å². The molecule has 1 aliphatic heterocycles. The van der Waals surface area contributed by atoms with E-state index in [0.717, 1.165) is 11.1 Å². The fraction of sp³-hybridized carbons (Fsp3) is 0.154. The highest BCUT2D eigenvalue weighted by Crippen LogP contribution is 2.44. The second-order valence-electron chi connectivity index (χ2n) is 7.57. The third kappa shape index (κ3) is 4.43. The fourth-order valence-electron chi connectivity index (χ4n) is 3.93. The molecule has 0 saturated carbocycles. The van der Waals surface area contributed by atoms with Crippen molar-refractivity contribution in [3.05, 3.63) is 106 Å². The lowest BCUT2D eigenvalue weighted by atomic mass is 9.92. The molecule has 1 aliphatic rings. The van der Waals surface area contributed by atoms with Crippen molar-refractivity contribution in [1.82, 2.24) is 4.90 Å². The Morgan fingerprint density at radius 1 is 0.970 bits per heavy atom. The summed E-state index contributed by atoms with van der Waals surface area (Å²) >= 11 is 6.01. The lowest BCUT2D eigenvalue weighted by Crippen LogP contribution is -2.29. The number of hydrogen-bond acceptors (Lipinski definition) is 5. The van der Waals surface area contributed by atoms with Gasteiger partial charge < -0.3 is 19.5 Å². The van der Waals surface area contributed by atoms with Crippen LogP contribution in [0.25, 0.3) is 5.57 Å². The van der Waals surface area contributed by atoms with Gasteiger partial charge >= 0.3 is 5.97 Å². The van der Waals surface area contributed by atoms with Gasteiger partial charge in [-0.2, -0.15) is 0 Å². The van der Waals surface area contributed by atoms with Crippen LogP contribution in [-0.4, -0.2) is 36.1 Å². The van der Waals surface area contributed by atoms with E-state index in [4.69, 9.17) is 21.1 Å². The highest BCUT2D eigenvalue weighted by Gasteiger charge is 2.41. The van der Waals surface area contributed by atoms with Crippen LogP contribution >= 0.6 is 11.6 Å². The van der Waals surface area contributed by atoms with Gasteiger partial charge in [0, 0.05) is 17.1 Å². The van der Waals surface area contributed by atoms with Gasteiger partial charge in [0.05, 0.1) is 25.8 Å². The Bertz CT molecular complexity index is 1200. The average molecular weight is 464 g/mol. The minimum atomic E-state index is -0.562. The smallest absolute Gasteiger partial charge is 0.337 e. The Balaban J connectivity index is 1.78. The molecule has 0 bridgehead atoms. The highest BCUT2D eigenvalue weighted by molar-refractivity contribution is 6.30. The number of benzene rings is 3. The van der Waals surface area contributed by atoms with Gasteiger partial charge in [-0.3, -0.25) is 4.79 Å². The summed E-state index contributed by atoms with van der Waals surface area (Å²) in [6, 6.07) is 20.6. The zero-order chi connectivity index (χ0) is 23.5. The first kappa shape index (κ1) is 22.4. The zero-order valence-corrected chi connectivity index (χ0v) is 18.9. The van der Waals surface area contributed by atoms with E-state index < -0.39 is 17.9 Å². The molecule has 4 rings (SSSR count). The molecule has 0 aromatic heterocycles. The van der Waals surface area contributed by atoms with E-state index in [0.29, 0.717) is 27.5 Å². The van der Waals surface area contributed by atoms with Crippen LogP contribution in [0, 0.1) is 0 Å². The van der Waals surface area contributed by atoms with Crippen molar-refractivity contribution in [3.63, 3.8) is 0 Å². The Hall–Kier alpha value is -3.77. The van der Waals surface area contributed by atoms with Crippen molar-refractivity contribution < 1.29 is 24.2 Å². The predicted octanol–water partition coefficient (Wildman–Crippen LogP) is 5.19. The maximum atomic E-state index is 13.2. The monoisotopic (exact) mass is 463 g/mol. The number of hydrogen-bond donors (Lipinski definition) is 1. The minimum absolute atomic E-state index is 0.267. The first-order valence-electron chi connectivity index (χ1n) is 10.2. The lowest BCUT2D eigenvalue weighted by Gasteiger charge is -2.27. The topological polar surface area (TPSA) is 76.1 Å². The molecule has 0 aliphatic carbocycles. The zero-order valence-electron chi connectivity index (χ0n) is 18.1. The number of amides is 1. The van der Waals surface area contributed by atoms with Gasteiger partial charge in [0.1, 0.15) is 5.75 Å². The van der Waals surface area contributed by atoms with Gasteiger partial charge in [0.25, 0.3) is 5.91 Å². The molecule has 168 valence electrons. The lowest BCUT2D eigenvalue weighted by molar-refractivity contribution is -0.130. The van der Waals surface area contributed by atoms with Crippen LogP contribution in [0.5, 0.6) is 5.75 Å². The van der Waals surface area contributed by atoms with E-state index in [1.807, 2.05) is 12.1 Å². The quantitative estimate of drug-likeness (QED) is 0.509. The van der Waals surface area contributed by atoms with Crippen molar-refractivity contribution >= 4 is 29.1 Å². The van der Waals surface area contributed by atoms with Gasteiger partial charge in [-0.25, -0.2) is 4.79 Å². The third-order valence-electron chi connectivity index (χ3n) is 5.62. The molecular formula is C26H22ClNO5. The van der Waals surface area contributed by atoms with E-state index in [1.165, 1.54) is 7.11 Å².